The number of nitrogens with zero attached hydrogens (tertiary/aromatic N) is 1. The number of ether oxygens (including phenoxy) is 1. The molecule has 1 amide bonds. The zero-order valence-electron chi connectivity index (χ0n) is 8.88. The molecule has 0 spiro atoms. The van der Waals surface area contributed by atoms with Gasteiger partial charge in [0.15, 0.2) is 0 Å². The van der Waals surface area contributed by atoms with Gasteiger partial charge in [0.25, 0.3) is 0 Å². The Labute approximate surface area is 89.1 Å². The first kappa shape index (κ1) is 11.5. The third-order valence-corrected chi connectivity index (χ3v) is 1.91. The van der Waals surface area contributed by atoms with Gasteiger partial charge in [-0.1, -0.05) is 30.3 Å². The van der Waals surface area contributed by atoms with Crippen LogP contribution in [0.4, 0.5) is 4.79 Å². The molecule has 0 aromatic heterocycles. The SMILES string of the molecule is CN(C)C(=O)OCC(O)c1ccccc1. The highest BCUT2D eigenvalue weighted by Crippen LogP contribution is 2.12. The fourth-order valence-electron chi connectivity index (χ4n) is 1.05. The molecule has 0 radical (unpaired) electrons. The number of hydrogen-bond acceptors (Lipinski definition) is 3. The molecular formula is C11H15NO3. The van der Waals surface area contributed by atoms with Crippen LogP contribution in [0.5, 0.6) is 0 Å². The minimum atomic E-state index is -0.768. The molecule has 0 aliphatic carbocycles. The lowest BCUT2D eigenvalue weighted by atomic mass is 10.1. The van der Waals surface area contributed by atoms with Gasteiger partial charge in [0, 0.05) is 14.1 Å². The van der Waals surface area contributed by atoms with E-state index in [-0.39, 0.29) is 6.61 Å². The molecule has 4 nitrogen and oxygen atoms in total. The number of rotatable bonds is 3. The molecule has 0 saturated heterocycles. The van der Waals surface area contributed by atoms with Crippen LogP contribution in [-0.2, 0) is 4.74 Å². The van der Waals surface area contributed by atoms with Crippen molar-refractivity contribution < 1.29 is 14.6 Å². The normalized spacial score (nSPS) is 11.9. The summed E-state index contributed by atoms with van der Waals surface area (Å²) in [6, 6.07) is 9.09. The molecule has 0 saturated carbocycles. The molecule has 1 aromatic carbocycles. The van der Waals surface area contributed by atoms with Gasteiger partial charge >= 0.3 is 6.09 Å². The van der Waals surface area contributed by atoms with E-state index in [0.29, 0.717) is 0 Å². The van der Waals surface area contributed by atoms with E-state index in [4.69, 9.17) is 4.74 Å². The second-order valence-electron chi connectivity index (χ2n) is 3.40. The molecule has 1 aromatic rings. The van der Waals surface area contributed by atoms with Crippen LogP contribution in [0.25, 0.3) is 0 Å². The molecule has 1 rings (SSSR count). The predicted octanol–water partition coefficient (Wildman–Crippen LogP) is 1.42. The van der Waals surface area contributed by atoms with Crippen LogP contribution in [0.1, 0.15) is 11.7 Å². The quantitative estimate of drug-likeness (QED) is 0.819. The molecule has 0 aliphatic heterocycles. The molecule has 0 bridgehead atoms. The summed E-state index contributed by atoms with van der Waals surface area (Å²) in [5.41, 5.74) is 0.740. The van der Waals surface area contributed by atoms with Crippen molar-refractivity contribution in [3.8, 4) is 0 Å². The first-order valence-corrected chi connectivity index (χ1v) is 4.68. The Morgan fingerprint density at radius 2 is 2.00 bits per heavy atom. The molecular weight excluding hydrogens is 194 g/mol. The van der Waals surface area contributed by atoms with E-state index in [1.54, 1.807) is 26.2 Å². The molecule has 0 heterocycles. The predicted molar refractivity (Wildman–Crippen MR) is 56.4 cm³/mol. The largest absolute Gasteiger partial charge is 0.446 e. The third-order valence-electron chi connectivity index (χ3n) is 1.91. The van der Waals surface area contributed by atoms with E-state index in [1.165, 1.54) is 4.90 Å². The van der Waals surface area contributed by atoms with E-state index in [0.717, 1.165) is 5.56 Å². The van der Waals surface area contributed by atoms with Gasteiger partial charge in [-0.3, -0.25) is 0 Å². The topological polar surface area (TPSA) is 49.8 Å². The summed E-state index contributed by atoms with van der Waals surface area (Å²) in [6.45, 7) is -0.0268. The first-order valence-electron chi connectivity index (χ1n) is 4.68. The van der Waals surface area contributed by atoms with Gasteiger partial charge in [0.2, 0.25) is 0 Å². The van der Waals surface area contributed by atoms with Crippen molar-refractivity contribution in [2.24, 2.45) is 0 Å². The van der Waals surface area contributed by atoms with E-state index >= 15 is 0 Å². The summed E-state index contributed by atoms with van der Waals surface area (Å²) in [5.74, 6) is 0. The Hall–Kier alpha value is -1.55. The maximum atomic E-state index is 11.1. The zero-order chi connectivity index (χ0) is 11.3. The molecule has 0 aliphatic rings. The van der Waals surface area contributed by atoms with Crippen LogP contribution < -0.4 is 0 Å². The summed E-state index contributed by atoms with van der Waals surface area (Å²) in [5, 5.41) is 9.66. The van der Waals surface area contributed by atoms with Crippen molar-refractivity contribution in [2.45, 2.75) is 6.10 Å². The monoisotopic (exact) mass is 209 g/mol. The maximum Gasteiger partial charge on any atom is 0.409 e. The first-order chi connectivity index (χ1) is 7.11. The van der Waals surface area contributed by atoms with E-state index in [9.17, 15) is 9.90 Å². The fraction of sp³-hybridized carbons (Fsp3) is 0.364. The van der Waals surface area contributed by atoms with Gasteiger partial charge < -0.3 is 14.7 Å². The van der Waals surface area contributed by atoms with Crippen LogP contribution in [-0.4, -0.2) is 36.8 Å². The van der Waals surface area contributed by atoms with Crippen molar-refractivity contribution in [1.82, 2.24) is 4.90 Å². The summed E-state index contributed by atoms with van der Waals surface area (Å²) in [7, 11) is 3.19. The molecule has 1 N–H and O–H groups in total. The number of carbonyl (C=O) groups excluding carboxylic acids is 1. The van der Waals surface area contributed by atoms with Gasteiger partial charge in [-0.2, -0.15) is 0 Å². The van der Waals surface area contributed by atoms with Gasteiger partial charge in [-0.25, -0.2) is 4.79 Å². The standard InChI is InChI=1S/C11H15NO3/c1-12(2)11(14)15-8-10(13)9-6-4-3-5-7-9/h3-7,10,13H,8H2,1-2H3. The van der Waals surface area contributed by atoms with E-state index < -0.39 is 12.2 Å². The molecule has 82 valence electrons. The number of carbonyl (C=O) groups is 1. The number of amides is 1. The van der Waals surface area contributed by atoms with Crippen molar-refractivity contribution >= 4 is 6.09 Å². The maximum absolute atomic E-state index is 11.1. The van der Waals surface area contributed by atoms with E-state index in [2.05, 4.69) is 0 Å². The minimum Gasteiger partial charge on any atom is -0.446 e. The van der Waals surface area contributed by atoms with Gasteiger partial charge in [0.1, 0.15) is 12.7 Å². The van der Waals surface area contributed by atoms with Gasteiger partial charge in [-0.15, -0.1) is 0 Å². The summed E-state index contributed by atoms with van der Waals surface area (Å²) >= 11 is 0. The lowest BCUT2D eigenvalue weighted by Crippen LogP contribution is -2.24. The van der Waals surface area contributed by atoms with Crippen LogP contribution in [0, 0.1) is 0 Å². The molecule has 0 fully saturated rings. The van der Waals surface area contributed by atoms with Crippen LogP contribution in [0.15, 0.2) is 30.3 Å². The minimum absolute atomic E-state index is 0.0268. The molecule has 1 unspecified atom stereocenters. The Balaban J connectivity index is 2.44. The van der Waals surface area contributed by atoms with Crippen molar-refractivity contribution in [3.05, 3.63) is 35.9 Å². The number of aliphatic hydroxyl groups is 1. The Morgan fingerprint density at radius 3 is 2.53 bits per heavy atom. The summed E-state index contributed by atoms with van der Waals surface area (Å²) < 4.78 is 4.86. The Morgan fingerprint density at radius 1 is 1.40 bits per heavy atom. The highest BCUT2D eigenvalue weighted by Gasteiger charge is 2.11. The number of hydrogen-bond donors (Lipinski definition) is 1. The second kappa shape index (κ2) is 5.36. The van der Waals surface area contributed by atoms with Crippen molar-refractivity contribution in [2.75, 3.05) is 20.7 Å². The highest BCUT2D eigenvalue weighted by atomic mass is 16.6. The van der Waals surface area contributed by atoms with Gasteiger partial charge in [0.05, 0.1) is 0 Å². The average molecular weight is 209 g/mol. The number of aliphatic hydroxyl groups excluding tert-OH is 1. The molecule has 4 heteroatoms. The van der Waals surface area contributed by atoms with Crippen molar-refractivity contribution in [3.63, 3.8) is 0 Å². The Bertz CT molecular complexity index is 311. The van der Waals surface area contributed by atoms with Crippen LogP contribution in [0.3, 0.4) is 0 Å². The van der Waals surface area contributed by atoms with Gasteiger partial charge in [-0.05, 0) is 5.56 Å². The second-order valence-corrected chi connectivity index (χ2v) is 3.40. The molecule has 1 atom stereocenters. The van der Waals surface area contributed by atoms with Crippen LogP contribution >= 0.6 is 0 Å². The summed E-state index contributed by atoms with van der Waals surface area (Å²) in [4.78, 5) is 12.4. The molecule has 15 heavy (non-hydrogen) atoms. The van der Waals surface area contributed by atoms with Crippen LogP contribution in [0.2, 0.25) is 0 Å². The lowest BCUT2D eigenvalue weighted by molar-refractivity contribution is 0.0547. The van der Waals surface area contributed by atoms with Crippen molar-refractivity contribution in [1.29, 1.82) is 0 Å². The smallest absolute Gasteiger partial charge is 0.409 e. The third kappa shape index (κ3) is 3.59. The average Bonchev–Trinajstić information content (AvgIpc) is 2.26. The Kier molecular flexibility index (Phi) is 4.12. The zero-order valence-corrected chi connectivity index (χ0v) is 8.88. The highest BCUT2D eigenvalue weighted by molar-refractivity contribution is 5.66. The van der Waals surface area contributed by atoms with E-state index in [1.807, 2.05) is 18.2 Å². The fourth-order valence-corrected chi connectivity index (χ4v) is 1.05. The lowest BCUT2D eigenvalue weighted by Gasteiger charge is -2.14. The summed E-state index contributed by atoms with van der Waals surface area (Å²) in [6.07, 6.45) is -1.22. The number of benzene rings is 1.